The summed E-state index contributed by atoms with van der Waals surface area (Å²) in [5, 5.41) is 6.25. The Labute approximate surface area is 618 Å². The number of methoxy groups -OCH3 is 1. The number of benzene rings is 10. The summed E-state index contributed by atoms with van der Waals surface area (Å²) in [4.78, 5) is 3.49. The second-order valence-corrected chi connectivity index (χ2v) is 31.8. The maximum Gasteiger partial charge on any atom is 0.261 e. The third kappa shape index (κ3) is 20.8. The highest BCUT2D eigenvalue weighted by Gasteiger charge is 2.59. The first-order valence-electron chi connectivity index (χ1n) is 36.1. The van der Waals surface area contributed by atoms with Crippen molar-refractivity contribution in [2.24, 2.45) is 5.11 Å². The van der Waals surface area contributed by atoms with E-state index in [2.05, 4.69) is 55.1 Å². The van der Waals surface area contributed by atoms with E-state index in [9.17, 15) is 5.53 Å². The maximum absolute atomic E-state index is 10.7. The molecule has 0 aromatic heterocycles. The molecule has 17 heteroatoms. The second kappa shape index (κ2) is 38.9. The zero-order valence-corrected chi connectivity index (χ0v) is 61.1. The molecule has 0 amide bonds. The van der Waals surface area contributed by atoms with Crippen LogP contribution in [0.25, 0.3) is 10.4 Å². The average Bonchev–Trinajstić information content (AvgIpc) is 0.743. The second-order valence-electron chi connectivity index (χ2n) is 27.5. The van der Waals surface area contributed by atoms with Gasteiger partial charge in [-0.2, -0.15) is 0 Å². The Morgan fingerprint density at radius 2 is 0.667 bits per heavy atom. The lowest BCUT2D eigenvalue weighted by atomic mass is 9.83. The van der Waals surface area contributed by atoms with Crippen molar-refractivity contribution in [1.29, 1.82) is 0 Å². The lowest BCUT2D eigenvalue weighted by Gasteiger charge is -2.52. The van der Waals surface area contributed by atoms with E-state index in [-0.39, 0.29) is 72.7 Å². The standard InChI is InChI=1S/C88H95N3O13Si/c1-88(2,3)105(75-46-28-12-29-47-75,76-48-30-13-31-49-76)102-63-73(90-91-89)62-101-82-80(96-57-68-38-20-8-21-39-68)81(97-58-69-40-22-9-23-41-69)83(98-59-70-42-24-10-25-43-70)85(84(82)99-61-72-50-52-74(92-4)53-51-72)104-87-86(100-60-71-44-26-11-27-45-71)79(95-56-67-36-18-7-19-37-67)78(94-55-66-34-16-6-17-35-66)77(103-87)64-93-54-65-32-14-5-15-33-65/h5-53,73,77-87H,54-64H2,1-4H3/t73-,77-,78-,79+,80+,81+,82-,83-,84+,85-,86+,87-/m1/s1. The molecule has 0 bridgehead atoms. The monoisotopic (exact) mass is 1430 g/mol. The van der Waals surface area contributed by atoms with E-state index in [0.29, 0.717) is 5.75 Å². The van der Waals surface area contributed by atoms with Crippen LogP contribution in [0.3, 0.4) is 0 Å². The Morgan fingerprint density at radius 1 is 0.362 bits per heavy atom. The first-order valence-corrected chi connectivity index (χ1v) is 38.0. The Morgan fingerprint density at radius 3 is 1.02 bits per heavy atom. The Hall–Kier alpha value is -8.95. The third-order valence-electron chi connectivity index (χ3n) is 19.1. The van der Waals surface area contributed by atoms with Crippen LogP contribution < -0.4 is 15.1 Å². The molecule has 2 aliphatic rings. The van der Waals surface area contributed by atoms with Gasteiger partial charge < -0.3 is 61.3 Å². The van der Waals surface area contributed by atoms with Crippen LogP contribution in [0.15, 0.2) is 302 Å². The number of nitrogens with zero attached hydrogens (tertiary/aromatic N) is 3. The fourth-order valence-electron chi connectivity index (χ4n) is 13.8. The van der Waals surface area contributed by atoms with Crippen molar-refractivity contribution in [2.45, 2.75) is 152 Å². The molecule has 12 atom stereocenters. The quantitative estimate of drug-likeness (QED) is 0.0156. The molecule has 0 spiro atoms. The first-order chi connectivity index (χ1) is 51.6. The first kappa shape index (κ1) is 75.7. The molecule has 1 aliphatic heterocycles. The van der Waals surface area contributed by atoms with Crippen molar-refractivity contribution in [3.63, 3.8) is 0 Å². The number of hydrogen-bond acceptors (Lipinski definition) is 14. The van der Waals surface area contributed by atoms with Crippen molar-refractivity contribution in [3.8, 4) is 5.75 Å². The average molecular weight is 1430 g/mol. The van der Waals surface area contributed by atoms with E-state index >= 15 is 0 Å². The minimum atomic E-state index is -3.21. The van der Waals surface area contributed by atoms with Gasteiger partial charge in [0, 0.05) is 11.5 Å². The summed E-state index contributed by atoms with van der Waals surface area (Å²) in [5.41, 5.74) is 18.0. The molecular weight excluding hydrogens is 1340 g/mol. The SMILES string of the molecule is COc1ccc(CO[C@H]2[C@H](OC[C@H](CO[Si](c3ccccc3)(c3ccccc3)C(C)(C)C)N=[N+]=[N-])[C@@H](OCc3ccccc3)[C@H](OCc3ccccc3)[C@@H](OCc3ccccc3)[C@H]2O[C@H]2O[C@H](COCc3ccccc3)[C@@H](OCc3ccccc3)[C@H](OCc3ccccc3)[C@@H]2OCc2ccccc2)cc1. The van der Waals surface area contributed by atoms with Crippen LogP contribution in [-0.4, -0.2) is 109 Å². The summed E-state index contributed by atoms with van der Waals surface area (Å²) in [7, 11) is -1.57. The molecular formula is C88H95N3O13Si. The zero-order valence-electron chi connectivity index (χ0n) is 60.1. The summed E-state index contributed by atoms with van der Waals surface area (Å²) >= 11 is 0. The van der Waals surface area contributed by atoms with E-state index in [0.717, 1.165) is 54.9 Å². The van der Waals surface area contributed by atoms with Gasteiger partial charge in [-0.05, 0) is 77.6 Å². The maximum atomic E-state index is 10.7. The molecule has 12 rings (SSSR count). The van der Waals surface area contributed by atoms with Crippen molar-refractivity contribution >= 4 is 18.7 Å². The number of rotatable bonds is 37. The number of azide groups is 1. The summed E-state index contributed by atoms with van der Waals surface area (Å²) in [6, 6.07) is 97.8. The molecule has 1 heterocycles. The van der Waals surface area contributed by atoms with Gasteiger partial charge in [-0.25, -0.2) is 0 Å². The van der Waals surface area contributed by atoms with Crippen LogP contribution in [0.5, 0.6) is 5.75 Å². The molecule has 0 N–H and O–H groups in total. The van der Waals surface area contributed by atoms with Gasteiger partial charge in [-0.3, -0.25) is 0 Å². The third-order valence-corrected chi connectivity index (χ3v) is 24.1. The van der Waals surface area contributed by atoms with Crippen LogP contribution in [0, 0.1) is 0 Å². The van der Waals surface area contributed by atoms with Crippen molar-refractivity contribution in [3.05, 3.63) is 352 Å². The normalized spacial score (nSPS) is 21.4. The van der Waals surface area contributed by atoms with Gasteiger partial charge in [-0.1, -0.05) is 311 Å². The van der Waals surface area contributed by atoms with E-state index in [1.807, 2.05) is 273 Å². The molecule has 10 aromatic rings. The van der Waals surface area contributed by atoms with Crippen molar-refractivity contribution < 1.29 is 61.3 Å². The van der Waals surface area contributed by atoms with Crippen LogP contribution in [0.1, 0.15) is 65.3 Å². The Kier molecular flexibility index (Phi) is 28.0. The number of ether oxygens (including phenoxy) is 12. The predicted molar refractivity (Wildman–Crippen MR) is 408 cm³/mol. The summed E-state index contributed by atoms with van der Waals surface area (Å²) in [6.07, 6.45) is -11.3. The van der Waals surface area contributed by atoms with Gasteiger partial charge in [0.25, 0.3) is 8.32 Å². The summed E-state index contributed by atoms with van der Waals surface area (Å²) in [6.45, 7) is 7.79. The molecule has 544 valence electrons. The topological polar surface area (TPSA) is 169 Å². The molecule has 105 heavy (non-hydrogen) atoms. The fourth-order valence-corrected chi connectivity index (χ4v) is 18.4. The smallest absolute Gasteiger partial charge is 0.261 e. The van der Waals surface area contributed by atoms with Crippen LogP contribution in [-0.2, 0) is 109 Å². The van der Waals surface area contributed by atoms with Gasteiger partial charge >= 0.3 is 0 Å². The molecule has 1 saturated heterocycles. The lowest BCUT2D eigenvalue weighted by Crippen LogP contribution is -2.70. The highest BCUT2D eigenvalue weighted by molar-refractivity contribution is 6.99. The molecule has 16 nitrogen and oxygen atoms in total. The van der Waals surface area contributed by atoms with Crippen LogP contribution in [0.4, 0.5) is 0 Å². The highest BCUT2D eigenvalue weighted by Crippen LogP contribution is 2.41. The molecule has 2 fully saturated rings. The molecule has 1 saturated carbocycles. The van der Waals surface area contributed by atoms with E-state index < -0.39 is 86.7 Å². The minimum absolute atomic E-state index is 0.00436. The lowest BCUT2D eigenvalue weighted by molar-refractivity contribution is -0.366. The van der Waals surface area contributed by atoms with E-state index in [1.54, 1.807) is 7.11 Å². The molecule has 0 unspecified atom stereocenters. The highest BCUT2D eigenvalue weighted by atomic mass is 28.4. The zero-order chi connectivity index (χ0) is 72.3. The minimum Gasteiger partial charge on any atom is -0.497 e. The Bertz CT molecular complexity index is 4100. The predicted octanol–water partition coefficient (Wildman–Crippen LogP) is 16.1. The van der Waals surface area contributed by atoms with E-state index in [4.69, 9.17) is 61.3 Å². The molecule has 1 aliphatic carbocycles. The van der Waals surface area contributed by atoms with Gasteiger partial charge in [0.1, 0.15) is 66.8 Å². The summed E-state index contributed by atoms with van der Waals surface area (Å²) < 4.78 is 95.1. The van der Waals surface area contributed by atoms with Gasteiger partial charge in [0.15, 0.2) is 6.29 Å². The number of hydrogen-bond donors (Lipinski definition) is 0. The van der Waals surface area contributed by atoms with E-state index in [1.165, 1.54) is 0 Å². The Balaban J connectivity index is 1.02. The molecule has 0 radical (unpaired) electrons. The summed E-state index contributed by atoms with van der Waals surface area (Å²) in [5.74, 6) is 0.679. The molecule has 10 aromatic carbocycles. The van der Waals surface area contributed by atoms with Crippen LogP contribution in [0.2, 0.25) is 5.04 Å². The van der Waals surface area contributed by atoms with Gasteiger partial charge in [0.2, 0.25) is 0 Å². The van der Waals surface area contributed by atoms with Crippen molar-refractivity contribution in [1.82, 2.24) is 0 Å². The van der Waals surface area contributed by atoms with Crippen LogP contribution >= 0.6 is 0 Å². The van der Waals surface area contributed by atoms with Gasteiger partial charge in [0.05, 0.1) is 79.2 Å². The van der Waals surface area contributed by atoms with Crippen molar-refractivity contribution in [2.75, 3.05) is 26.9 Å². The fraction of sp³-hybridized carbons (Fsp3) is 0.318. The largest absolute Gasteiger partial charge is 0.497 e. The van der Waals surface area contributed by atoms with Gasteiger partial charge in [-0.15, -0.1) is 0 Å².